The number of rotatable bonds is 4. The van der Waals surface area contributed by atoms with E-state index in [2.05, 4.69) is 0 Å². The molecule has 3 aromatic rings. The van der Waals surface area contributed by atoms with Crippen LogP contribution in [-0.2, 0) is 16.3 Å². The Hall–Kier alpha value is -1.21. The molecule has 0 aromatic heterocycles. The van der Waals surface area contributed by atoms with Crippen molar-refractivity contribution in [3.8, 4) is 0 Å². The first-order valence-electron chi connectivity index (χ1n) is 7.76. The molecule has 9 heteroatoms. The van der Waals surface area contributed by atoms with Crippen LogP contribution in [0, 0.1) is 0 Å². The third-order valence-electron chi connectivity index (χ3n) is 3.84. The standard InChI is InChI=1S/C19H14F3O3PS.Na.H/c20-19(21,22)14-9-11-16(12-10-14)26(15-5-2-1-3-6-15)17-7-4-8-18(13-17)27(23,24)25;;/h1-13H,(H,23,24,25);;. The molecule has 0 bridgehead atoms. The summed E-state index contributed by atoms with van der Waals surface area (Å²) in [4.78, 5) is -0.254. The third-order valence-corrected chi connectivity index (χ3v) is 7.11. The molecule has 0 spiro atoms. The van der Waals surface area contributed by atoms with Crippen LogP contribution >= 0.6 is 7.92 Å². The molecule has 142 valence electrons. The van der Waals surface area contributed by atoms with Crippen molar-refractivity contribution in [2.45, 2.75) is 11.1 Å². The van der Waals surface area contributed by atoms with Crippen molar-refractivity contribution in [1.29, 1.82) is 0 Å². The van der Waals surface area contributed by atoms with Gasteiger partial charge in [-0.05, 0) is 48.1 Å². The predicted octanol–water partition coefficient (Wildman–Crippen LogP) is 3.06. The van der Waals surface area contributed by atoms with Gasteiger partial charge in [0.1, 0.15) is 0 Å². The van der Waals surface area contributed by atoms with Crippen LogP contribution < -0.4 is 15.9 Å². The van der Waals surface area contributed by atoms with Gasteiger partial charge < -0.3 is 0 Å². The first-order valence-corrected chi connectivity index (χ1v) is 10.5. The zero-order chi connectivity index (χ0) is 19.7. The normalized spacial score (nSPS) is 12.9. The zero-order valence-electron chi connectivity index (χ0n) is 13.8. The van der Waals surface area contributed by atoms with Gasteiger partial charge in [-0.2, -0.15) is 21.6 Å². The average Bonchev–Trinajstić information content (AvgIpc) is 2.62. The Labute approximate surface area is 184 Å². The topological polar surface area (TPSA) is 54.4 Å². The van der Waals surface area contributed by atoms with E-state index >= 15 is 0 Å². The molecular weight excluding hydrogens is 419 g/mol. The van der Waals surface area contributed by atoms with Crippen molar-refractivity contribution >= 4 is 63.5 Å². The first kappa shape index (κ1) is 23.1. The van der Waals surface area contributed by atoms with Crippen LogP contribution in [0.4, 0.5) is 13.2 Å². The fraction of sp³-hybridized carbons (Fsp3) is 0.0526. The van der Waals surface area contributed by atoms with Gasteiger partial charge in [-0.25, -0.2) is 0 Å². The second-order valence-corrected chi connectivity index (χ2v) is 9.33. The van der Waals surface area contributed by atoms with Gasteiger partial charge in [0.15, 0.2) is 0 Å². The summed E-state index contributed by atoms with van der Waals surface area (Å²) < 4.78 is 70.8. The molecule has 0 aliphatic heterocycles. The quantitative estimate of drug-likeness (QED) is 0.390. The number of alkyl halides is 3. The molecule has 0 amide bonds. The molecule has 0 saturated carbocycles. The van der Waals surface area contributed by atoms with Gasteiger partial charge in [0.25, 0.3) is 10.1 Å². The van der Waals surface area contributed by atoms with E-state index in [1.54, 1.807) is 18.2 Å². The molecule has 0 saturated heterocycles. The van der Waals surface area contributed by atoms with E-state index in [0.29, 0.717) is 10.6 Å². The van der Waals surface area contributed by atoms with Crippen LogP contribution in [0.1, 0.15) is 5.56 Å². The Kier molecular flexibility index (Phi) is 7.48. The molecular formula is C19H15F3NaO3PS. The summed E-state index contributed by atoms with van der Waals surface area (Å²) in [5.41, 5.74) is -0.749. The molecule has 1 N–H and O–H groups in total. The van der Waals surface area contributed by atoms with Crippen LogP contribution in [0.5, 0.6) is 0 Å². The van der Waals surface area contributed by atoms with Crippen LogP contribution in [0.2, 0.25) is 0 Å². The summed E-state index contributed by atoms with van der Waals surface area (Å²) in [5, 5.41) is 2.09. The summed E-state index contributed by atoms with van der Waals surface area (Å²) in [5.74, 6) is 0. The molecule has 0 fully saturated rings. The Bertz CT molecular complexity index is 1040. The Morgan fingerprint density at radius 2 is 1.29 bits per heavy atom. The third kappa shape index (κ3) is 5.44. The summed E-state index contributed by atoms with van der Waals surface area (Å²) in [6.45, 7) is 0. The Morgan fingerprint density at radius 1 is 0.750 bits per heavy atom. The molecule has 0 radical (unpaired) electrons. The van der Waals surface area contributed by atoms with E-state index in [0.717, 1.165) is 17.4 Å². The van der Waals surface area contributed by atoms with Gasteiger partial charge in [0, 0.05) is 0 Å². The summed E-state index contributed by atoms with van der Waals surface area (Å²) >= 11 is 0. The van der Waals surface area contributed by atoms with Crippen LogP contribution in [-0.4, -0.2) is 42.5 Å². The maximum absolute atomic E-state index is 12.9. The minimum atomic E-state index is -4.43. The second-order valence-electron chi connectivity index (χ2n) is 5.69. The molecule has 0 aliphatic carbocycles. The van der Waals surface area contributed by atoms with Gasteiger partial charge in [-0.15, -0.1) is 0 Å². The van der Waals surface area contributed by atoms with Gasteiger partial charge in [0.2, 0.25) is 0 Å². The summed E-state index contributed by atoms with van der Waals surface area (Å²) in [6.07, 6.45) is -4.43. The van der Waals surface area contributed by atoms with Crippen molar-refractivity contribution in [2.24, 2.45) is 0 Å². The Morgan fingerprint density at radius 3 is 1.82 bits per heavy atom. The zero-order valence-corrected chi connectivity index (χ0v) is 15.5. The van der Waals surface area contributed by atoms with Gasteiger partial charge in [-0.1, -0.05) is 54.6 Å². The molecule has 0 aliphatic rings. The van der Waals surface area contributed by atoms with Crippen molar-refractivity contribution in [1.82, 2.24) is 0 Å². The molecule has 1 atom stereocenters. The number of halogens is 3. The minimum absolute atomic E-state index is 0. The fourth-order valence-electron chi connectivity index (χ4n) is 2.61. The van der Waals surface area contributed by atoms with E-state index in [1.165, 1.54) is 30.3 Å². The van der Waals surface area contributed by atoms with E-state index in [4.69, 9.17) is 0 Å². The molecule has 1 unspecified atom stereocenters. The molecule has 28 heavy (non-hydrogen) atoms. The van der Waals surface area contributed by atoms with E-state index in [-0.39, 0.29) is 34.5 Å². The number of hydrogen-bond acceptors (Lipinski definition) is 2. The van der Waals surface area contributed by atoms with Crippen molar-refractivity contribution < 1.29 is 26.1 Å². The SMILES string of the molecule is O=S(=O)(O)c1cccc(P(c2ccccc2)c2ccc(C(F)(F)F)cc2)c1.[NaH]. The van der Waals surface area contributed by atoms with Crippen molar-refractivity contribution in [2.75, 3.05) is 0 Å². The molecule has 0 heterocycles. The number of hydrogen-bond donors (Lipinski definition) is 1. The average molecular weight is 434 g/mol. The van der Waals surface area contributed by atoms with Crippen molar-refractivity contribution in [3.05, 3.63) is 84.4 Å². The molecule has 3 rings (SSSR count). The van der Waals surface area contributed by atoms with Gasteiger partial charge in [-0.3, -0.25) is 4.55 Å². The fourth-order valence-corrected chi connectivity index (χ4v) is 5.54. The second kappa shape index (κ2) is 9.08. The monoisotopic (exact) mass is 434 g/mol. The predicted molar refractivity (Wildman–Crippen MR) is 107 cm³/mol. The molecule has 3 nitrogen and oxygen atoms in total. The van der Waals surface area contributed by atoms with E-state index in [9.17, 15) is 26.1 Å². The maximum atomic E-state index is 12.9. The number of benzene rings is 3. The van der Waals surface area contributed by atoms with Gasteiger partial charge >= 0.3 is 35.7 Å². The summed E-state index contributed by atoms with van der Waals surface area (Å²) in [6, 6.07) is 19.8. The Balaban J connectivity index is 0.00000280. The summed E-state index contributed by atoms with van der Waals surface area (Å²) in [7, 11) is -5.69. The van der Waals surface area contributed by atoms with Crippen molar-refractivity contribution in [3.63, 3.8) is 0 Å². The first-order chi connectivity index (χ1) is 12.7. The van der Waals surface area contributed by atoms with Gasteiger partial charge in [0.05, 0.1) is 10.5 Å². The van der Waals surface area contributed by atoms with Crippen LogP contribution in [0.15, 0.2) is 83.8 Å². The van der Waals surface area contributed by atoms with Crippen LogP contribution in [0.25, 0.3) is 0 Å². The molecule has 3 aromatic carbocycles. The van der Waals surface area contributed by atoms with Crippen LogP contribution in [0.3, 0.4) is 0 Å². The van der Waals surface area contributed by atoms with E-state index in [1.807, 2.05) is 18.2 Å². The van der Waals surface area contributed by atoms with E-state index < -0.39 is 29.8 Å².